The molecule has 0 heterocycles. The van der Waals surface area contributed by atoms with Gasteiger partial charge in [0.25, 0.3) is 0 Å². The normalized spacial score (nSPS) is 12.6. The van der Waals surface area contributed by atoms with Crippen LogP contribution < -0.4 is 11.1 Å². The summed E-state index contributed by atoms with van der Waals surface area (Å²) >= 11 is 0. The summed E-state index contributed by atoms with van der Waals surface area (Å²) in [6.07, 6.45) is 1.32. The van der Waals surface area contributed by atoms with Gasteiger partial charge in [-0.3, -0.25) is 0 Å². The van der Waals surface area contributed by atoms with E-state index in [1.807, 2.05) is 6.92 Å². The zero-order valence-corrected chi connectivity index (χ0v) is 9.67. The second-order valence-corrected chi connectivity index (χ2v) is 3.87. The Labute approximate surface area is 101 Å². The van der Waals surface area contributed by atoms with Crippen molar-refractivity contribution in [3.63, 3.8) is 0 Å². The Morgan fingerprint density at radius 3 is 1.83 bits per heavy atom. The van der Waals surface area contributed by atoms with E-state index >= 15 is 0 Å². The standard InChI is InChI=1S/C11H13F5N2/c1-2-3-5(17)4-18-11-9(15)7(13)6(12)8(14)10(11)16/h5,18H,2-4,17H2,1H3. The highest BCUT2D eigenvalue weighted by molar-refractivity contribution is 5.47. The van der Waals surface area contributed by atoms with Crippen LogP contribution in [0.4, 0.5) is 27.6 Å². The molecule has 7 heteroatoms. The molecule has 0 fully saturated rings. The van der Waals surface area contributed by atoms with E-state index in [0.717, 1.165) is 6.42 Å². The fourth-order valence-corrected chi connectivity index (χ4v) is 1.47. The summed E-state index contributed by atoms with van der Waals surface area (Å²) in [6.45, 7) is 1.78. The van der Waals surface area contributed by atoms with Crippen molar-refractivity contribution in [2.45, 2.75) is 25.8 Å². The van der Waals surface area contributed by atoms with Crippen molar-refractivity contribution in [2.75, 3.05) is 11.9 Å². The second kappa shape index (κ2) is 5.99. The maximum absolute atomic E-state index is 13.2. The van der Waals surface area contributed by atoms with Crippen LogP contribution in [0.2, 0.25) is 0 Å². The van der Waals surface area contributed by atoms with Gasteiger partial charge in [-0.25, -0.2) is 22.0 Å². The molecular weight excluding hydrogens is 255 g/mol. The molecule has 18 heavy (non-hydrogen) atoms. The molecule has 0 saturated carbocycles. The average Bonchev–Trinajstić information content (AvgIpc) is 2.34. The van der Waals surface area contributed by atoms with Crippen LogP contribution in [-0.2, 0) is 0 Å². The Morgan fingerprint density at radius 1 is 0.944 bits per heavy atom. The number of rotatable bonds is 5. The maximum Gasteiger partial charge on any atom is 0.200 e. The van der Waals surface area contributed by atoms with E-state index in [-0.39, 0.29) is 6.54 Å². The van der Waals surface area contributed by atoms with E-state index in [4.69, 9.17) is 5.73 Å². The molecule has 1 rings (SSSR count). The van der Waals surface area contributed by atoms with Crippen molar-refractivity contribution in [3.8, 4) is 0 Å². The highest BCUT2D eigenvalue weighted by Crippen LogP contribution is 2.26. The molecule has 0 aromatic heterocycles. The minimum absolute atomic E-state index is 0.0772. The molecule has 0 saturated heterocycles. The van der Waals surface area contributed by atoms with Crippen LogP contribution in [0.1, 0.15) is 19.8 Å². The molecule has 1 unspecified atom stereocenters. The summed E-state index contributed by atoms with van der Waals surface area (Å²) in [5.41, 5.74) is 4.53. The minimum Gasteiger partial charge on any atom is -0.379 e. The molecule has 102 valence electrons. The SMILES string of the molecule is CCCC(N)CNc1c(F)c(F)c(F)c(F)c1F. The van der Waals surface area contributed by atoms with Gasteiger partial charge in [0.2, 0.25) is 5.82 Å². The van der Waals surface area contributed by atoms with E-state index in [2.05, 4.69) is 5.32 Å². The predicted molar refractivity (Wildman–Crippen MR) is 57.6 cm³/mol. The third-order valence-corrected chi connectivity index (χ3v) is 2.41. The molecule has 0 spiro atoms. The van der Waals surface area contributed by atoms with Crippen LogP contribution in [0.5, 0.6) is 0 Å². The third kappa shape index (κ3) is 2.90. The first kappa shape index (κ1) is 14.7. The molecular formula is C11H13F5N2. The van der Waals surface area contributed by atoms with Gasteiger partial charge in [0, 0.05) is 12.6 Å². The molecule has 0 bridgehead atoms. The lowest BCUT2D eigenvalue weighted by Gasteiger charge is -2.14. The monoisotopic (exact) mass is 268 g/mol. The molecule has 0 aliphatic heterocycles. The number of hydrogen-bond acceptors (Lipinski definition) is 2. The largest absolute Gasteiger partial charge is 0.379 e. The lowest BCUT2D eigenvalue weighted by Crippen LogP contribution is -2.29. The number of hydrogen-bond donors (Lipinski definition) is 2. The van der Waals surface area contributed by atoms with Gasteiger partial charge in [0.15, 0.2) is 23.3 Å². The first-order chi connectivity index (χ1) is 8.40. The van der Waals surface area contributed by atoms with Crippen LogP contribution in [0.15, 0.2) is 0 Å². The Kier molecular flexibility index (Phi) is 4.89. The number of halogens is 5. The lowest BCUT2D eigenvalue weighted by atomic mass is 10.1. The van der Waals surface area contributed by atoms with Crippen molar-refractivity contribution >= 4 is 5.69 Å². The van der Waals surface area contributed by atoms with E-state index in [9.17, 15) is 22.0 Å². The Balaban J connectivity index is 2.96. The number of benzene rings is 1. The predicted octanol–water partition coefficient (Wildman–Crippen LogP) is 2.92. The van der Waals surface area contributed by atoms with Gasteiger partial charge in [0.05, 0.1) is 0 Å². The fraction of sp³-hybridized carbons (Fsp3) is 0.455. The summed E-state index contributed by atoms with van der Waals surface area (Å²) in [7, 11) is 0. The zero-order chi connectivity index (χ0) is 13.9. The van der Waals surface area contributed by atoms with E-state index in [1.165, 1.54) is 0 Å². The van der Waals surface area contributed by atoms with E-state index < -0.39 is 40.8 Å². The van der Waals surface area contributed by atoms with Gasteiger partial charge in [-0.15, -0.1) is 0 Å². The van der Waals surface area contributed by atoms with Gasteiger partial charge in [-0.1, -0.05) is 13.3 Å². The number of nitrogens with one attached hydrogen (secondary N) is 1. The number of nitrogens with two attached hydrogens (primary N) is 1. The van der Waals surface area contributed by atoms with E-state index in [0.29, 0.717) is 6.42 Å². The fourth-order valence-electron chi connectivity index (χ4n) is 1.47. The van der Waals surface area contributed by atoms with Crippen LogP contribution >= 0.6 is 0 Å². The quantitative estimate of drug-likeness (QED) is 0.489. The number of anilines is 1. The second-order valence-electron chi connectivity index (χ2n) is 3.87. The average molecular weight is 268 g/mol. The van der Waals surface area contributed by atoms with E-state index in [1.54, 1.807) is 0 Å². The highest BCUT2D eigenvalue weighted by atomic mass is 19.2. The summed E-state index contributed by atoms with van der Waals surface area (Å²) in [5.74, 6) is -9.88. The minimum atomic E-state index is -2.17. The van der Waals surface area contributed by atoms with Crippen LogP contribution in [0, 0.1) is 29.1 Å². The molecule has 1 aromatic rings. The molecule has 0 aliphatic rings. The molecule has 1 atom stereocenters. The van der Waals surface area contributed by atoms with Crippen LogP contribution in [0.3, 0.4) is 0 Å². The van der Waals surface area contributed by atoms with Gasteiger partial charge >= 0.3 is 0 Å². The van der Waals surface area contributed by atoms with Crippen molar-refractivity contribution < 1.29 is 22.0 Å². The highest BCUT2D eigenvalue weighted by Gasteiger charge is 2.25. The molecule has 1 aromatic carbocycles. The first-order valence-electron chi connectivity index (χ1n) is 5.41. The first-order valence-corrected chi connectivity index (χ1v) is 5.41. The summed E-state index contributed by atoms with van der Waals surface area (Å²) in [5, 5.41) is 2.15. The Morgan fingerprint density at radius 2 is 1.39 bits per heavy atom. The molecule has 0 amide bonds. The summed E-state index contributed by atoms with van der Waals surface area (Å²) in [4.78, 5) is 0. The summed E-state index contributed by atoms with van der Waals surface area (Å²) < 4.78 is 64.9. The zero-order valence-electron chi connectivity index (χ0n) is 9.67. The topological polar surface area (TPSA) is 38.0 Å². The Bertz CT molecular complexity index is 407. The van der Waals surface area contributed by atoms with Gasteiger partial charge in [-0.05, 0) is 6.42 Å². The smallest absolute Gasteiger partial charge is 0.200 e. The Hall–Kier alpha value is -1.37. The van der Waals surface area contributed by atoms with Gasteiger partial charge < -0.3 is 11.1 Å². The van der Waals surface area contributed by atoms with Crippen molar-refractivity contribution in [3.05, 3.63) is 29.1 Å². The maximum atomic E-state index is 13.2. The lowest BCUT2D eigenvalue weighted by molar-refractivity contribution is 0.381. The molecule has 3 N–H and O–H groups in total. The van der Waals surface area contributed by atoms with Gasteiger partial charge in [-0.2, -0.15) is 0 Å². The molecule has 0 radical (unpaired) electrons. The third-order valence-electron chi connectivity index (χ3n) is 2.41. The van der Waals surface area contributed by atoms with Crippen LogP contribution in [-0.4, -0.2) is 12.6 Å². The molecule has 0 aliphatic carbocycles. The van der Waals surface area contributed by atoms with Crippen molar-refractivity contribution in [1.29, 1.82) is 0 Å². The van der Waals surface area contributed by atoms with Crippen molar-refractivity contribution in [1.82, 2.24) is 0 Å². The van der Waals surface area contributed by atoms with Crippen LogP contribution in [0.25, 0.3) is 0 Å². The van der Waals surface area contributed by atoms with Crippen molar-refractivity contribution in [2.24, 2.45) is 5.73 Å². The van der Waals surface area contributed by atoms with Gasteiger partial charge in [0.1, 0.15) is 5.69 Å². The summed E-state index contributed by atoms with van der Waals surface area (Å²) in [6, 6.07) is -0.426. The molecule has 2 nitrogen and oxygen atoms in total.